The normalized spacial score (nSPS) is 10.7. The van der Waals surface area contributed by atoms with Crippen molar-refractivity contribution in [2.24, 2.45) is 7.05 Å². The zero-order valence-corrected chi connectivity index (χ0v) is 10.8. The number of aromatic nitrogens is 2. The molecule has 2 N–H and O–H groups in total. The maximum absolute atomic E-state index is 13.5. The SMILES string of the molecule is Cc1nn(C)c(Cl)c1COc1ccc(N)cc1F. The Morgan fingerprint density at radius 1 is 1.50 bits per heavy atom. The first-order chi connectivity index (χ1) is 8.49. The Bertz CT molecular complexity index is 583. The quantitative estimate of drug-likeness (QED) is 0.872. The lowest BCUT2D eigenvalue weighted by molar-refractivity contribution is 0.289. The molecule has 0 aliphatic rings. The van der Waals surface area contributed by atoms with Crippen molar-refractivity contribution in [3.63, 3.8) is 0 Å². The molecular weight excluding hydrogens is 257 g/mol. The number of halogens is 2. The minimum Gasteiger partial charge on any atom is -0.486 e. The zero-order valence-electron chi connectivity index (χ0n) is 10.1. The van der Waals surface area contributed by atoms with E-state index in [-0.39, 0.29) is 12.4 Å². The summed E-state index contributed by atoms with van der Waals surface area (Å²) in [5.74, 6) is -0.351. The molecule has 1 aromatic carbocycles. The highest BCUT2D eigenvalue weighted by atomic mass is 35.5. The standard InChI is InChI=1S/C12H13ClFN3O/c1-7-9(12(13)17(2)16-7)6-18-11-4-3-8(15)5-10(11)14/h3-5H,6,15H2,1-2H3. The molecule has 0 fully saturated rings. The van der Waals surface area contributed by atoms with Crippen LogP contribution in [0.2, 0.25) is 5.15 Å². The Morgan fingerprint density at radius 3 is 2.78 bits per heavy atom. The minimum atomic E-state index is -0.493. The van der Waals surface area contributed by atoms with Crippen LogP contribution in [-0.4, -0.2) is 9.78 Å². The fraction of sp³-hybridized carbons (Fsp3) is 0.250. The van der Waals surface area contributed by atoms with Crippen molar-refractivity contribution in [3.8, 4) is 5.75 Å². The van der Waals surface area contributed by atoms with Crippen LogP contribution in [0.3, 0.4) is 0 Å². The van der Waals surface area contributed by atoms with Crippen LogP contribution in [0.4, 0.5) is 10.1 Å². The van der Waals surface area contributed by atoms with Crippen molar-refractivity contribution in [2.45, 2.75) is 13.5 Å². The van der Waals surface area contributed by atoms with Gasteiger partial charge in [0, 0.05) is 24.4 Å². The molecule has 0 amide bonds. The van der Waals surface area contributed by atoms with Crippen LogP contribution in [0, 0.1) is 12.7 Å². The van der Waals surface area contributed by atoms with Gasteiger partial charge in [0.2, 0.25) is 0 Å². The van der Waals surface area contributed by atoms with Crippen LogP contribution in [0.5, 0.6) is 5.75 Å². The van der Waals surface area contributed by atoms with Gasteiger partial charge in [0.05, 0.1) is 5.69 Å². The number of hydrogen-bond acceptors (Lipinski definition) is 3. The zero-order chi connectivity index (χ0) is 13.3. The van der Waals surface area contributed by atoms with Gasteiger partial charge < -0.3 is 10.5 Å². The van der Waals surface area contributed by atoms with E-state index in [1.807, 2.05) is 6.92 Å². The summed E-state index contributed by atoms with van der Waals surface area (Å²) in [5, 5.41) is 4.64. The predicted octanol–water partition coefficient (Wildman–Crippen LogP) is 2.68. The number of benzene rings is 1. The van der Waals surface area contributed by atoms with Crippen molar-refractivity contribution >= 4 is 17.3 Å². The first-order valence-corrected chi connectivity index (χ1v) is 5.72. The van der Waals surface area contributed by atoms with E-state index in [9.17, 15) is 4.39 Å². The monoisotopic (exact) mass is 269 g/mol. The van der Waals surface area contributed by atoms with E-state index < -0.39 is 5.82 Å². The molecule has 0 spiro atoms. The van der Waals surface area contributed by atoms with Crippen molar-refractivity contribution in [1.29, 1.82) is 0 Å². The molecule has 0 aliphatic heterocycles. The van der Waals surface area contributed by atoms with Gasteiger partial charge >= 0.3 is 0 Å². The molecule has 0 aliphatic carbocycles. The van der Waals surface area contributed by atoms with Gasteiger partial charge in [0.1, 0.15) is 11.8 Å². The maximum atomic E-state index is 13.5. The Kier molecular flexibility index (Phi) is 3.43. The summed E-state index contributed by atoms with van der Waals surface area (Å²) >= 11 is 6.05. The third-order valence-electron chi connectivity index (χ3n) is 2.60. The Labute approximate surface area is 109 Å². The number of aryl methyl sites for hydroxylation is 2. The highest BCUT2D eigenvalue weighted by Crippen LogP contribution is 2.24. The topological polar surface area (TPSA) is 53.1 Å². The first-order valence-electron chi connectivity index (χ1n) is 5.35. The highest BCUT2D eigenvalue weighted by molar-refractivity contribution is 6.30. The number of anilines is 1. The Morgan fingerprint density at radius 2 is 2.22 bits per heavy atom. The van der Waals surface area contributed by atoms with E-state index in [4.69, 9.17) is 22.1 Å². The Hall–Kier alpha value is -1.75. The third-order valence-corrected chi connectivity index (χ3v) is 3.07. The first kappa shape index (κ1) is 12.7. The van der Waals surface area contributed by atoms with Crippen molar-refractivity contribution in [2.75, 3.05) is 5.73 Å². The fourth-order valence-corrected chi connectivity index (χ4v) is 1.85. The maximum Gasteiger partial charge on any atom is 0.167 e. The average Bonchev–Trinajstić information content (AvgIpc) is 2.53. The Balaban J connectivity index is 2.16. The van der Waals surface area contributed by atoms with Crippen LogP contribution in [-0.2, 0) is 13.7 Å². The van der Waals surface area contributed by atoms with Gasteiger partial charge in [-0.1, -0.05) is 11.6 Å². The summed E-state index contributed by atoms with van der Waals surface area (Å²) in [7, 11) is 1.74. The second-order valence-electron chi connectivity index (χ2n) is 3.96. The second kappa shape index (κ2) is 4.86. The van der Waals surface area contributed by atoms with E-state index in [2.05, 4.69) is 5.10 Å². The van der Waals surface area contributed by atoms with Gasteiger partial charge in [-0.05, 0) is 19.1 Å². The van der Waals surface area contributed by atoms with E-state index in [0.29, 0.717) is 10.8 Å². The highest BCUT2D eigenvalue weighted by Gasteiger charge is 2.12. The molecule has 0 saturated heterocycles. The van der Waals surface area contributed by atoms with Crippen LogP contribution in [0.15, 0.2) is 18.2 Å². The third kappa shape index (κ3) is 2.41. The number of nitrogens with zero attached hydrogens (tertiary/aromatic N) is 2. The lowest BCUT2D eigenvalue weighted by Gasteiger charge is -2.07. The average molecular weight is 270 g/mol. The number of nitrogen functional groups attached to an aromatic ring is 1. The van der Waals surface area contributed by atoms with Gasteiger partial charge in [-0.25, -0.2) is 4.39 Å². The number of hydrogen-bond donors (Lipinski definition) is 1. The summed E-state index contributed by atoms with van der Waals surface area (Å²) in [6.07, 6.45) is 0. The molecule has 96 valence electrons. The molecule has 4 nitrogen and oxygen atoms in total. The summed E-state index contributed by atoms with van der Waals surface area (Å²) < 4.78 is 20.4. The van der Waals surface area contributed by atoms with E-state index in [1.54, 1.807) is 17.8 Å². The second-order valence-corrected chi connectivity index (χ2v) is 4.31. The van der Waals surface area contributed by atoms with Gasteiger partial charge in [-0.15, -0.1) is 0 Å². The lowest BCUT2D eigenvalue weighted by atomic mass is 10.2. The molecule has 1 aromatic heterocycles. The van der Waals surface area contributed by atoms with Gasteiger partial charge in [0.15, 0.2) is 11.6 Å². The molecule has 0 bridgehead atoms. The number of ether oxygens (including phenoxy) is 1. The largest absolute Gasteiger partial charge is 0.486 e. The van der Waals surface area contributed by atoms with Crippen LogP contribution >= 0.6 is 11.6 Å². The number of rotatable bonds is 3. The summed E-state index contributed by atoms with van der Waals surface area (Å²) in [6, 6.07) is 4.29. The van der Waals surface area contributed by atoms with Crippen LogP contribution in [0.1, 0.15) is 11.3 Å². The fourth-order valence-electron chi connectivity index (χ4n) is 1.62. The summed E-state index contributed by atoms with van der Waals surface area (Å²) in [5.41, 5.74) is 7.32. The van der Waals surface area contributed by atoms with E-state index in [0.717, 1.165) is 11.3 Å². The van der Waals surface area contributed by atoms with Crippen LogP contribution < -0.4 is 10.5 Å². The number of nitrogens with two attached hydrogens (primary N) is 1. The molecule has 2 rings (SSSR count). The molecule has 0 radical (unpaired) electrons. The summed E-state index contributed by atoms with van der Waals surface area (Å²) in [4.78, 5) is 0. The lowest BCUT2D eigenvalue weighted by Crippen LogP contribution is -1.99. The molecule has 1 heterocycles. The van der Waals surface area contributed by atoms with Crippen molar-refractivity contribution in [3.05, 3.63) is 40.4 Å². The molecule has 0 saturated carbocycles. The van der Waals surface area contributed by atoms with Gasteiger partial charge in [-0.2, -0.15) is 5.10 Å². The molecule has 18 heavy (non-hydrogen) atoms. The van der Waals surface area contributed by atoms with Gasteiger partial charge in [0.25, 0.3) is 0 Å². The molecule has 0 atom stereocenters. The predicted molar refractivity (Wildman–Crippen MR) is 68.1 cm³/mol. The van der Waals surface area contributed by atoms with Gasteiger partial charge in [-0.3, -0.25) is 4.68 Å². The smallest absolute Gasteiger partial charge is 0.167 e. The molecule has 6 heteroatoms. The minimum absolute atomic E-state index is 0.142. The molecule has 2 aromatic rings. The molecule has 0 unspecified atom stereocenters. The van der Waals surface area contributed by atoms with Crippen LogP contribution in [0.25, 0.3) is 0 Å². The van der Waals surface area contributed by atoms with E-state index in [1.165, 1.54) is 12.1 Å². The van der Waals surface area contributed by atoms with Crippen molar-refractivity contribution in [1.82, 2.24) is 9.78 Å². The summed E-state index contributed by atoms with van der Waals surface area (Å²) in [6.45, 7) is 1.99. The molecular formula is C12H13ClFN3O. The van der Waals surface area contributed by atoms with Crippen molar-refractivity contribution < 1.29 is 9.13 Å². The van der Waals surface area contributed by atoms with E-state index >= 15 is 0 Å².